The van der Waals surface area contributed by atoms with Gasteiger partial charge in [0.05, 0.1) is 17.2 Å². The van der Waals surface area contributed by atoms with Crippen LogP contribution in [0.3, 0.4) is 0 Å². The van der Waals surface area contributed by atoms with E-state index in [1.165, 1.54) is 0 Å². The molecular formula is C7H4F2IN3. The molecule has 13 heavy (non-hydrogen) atoms. The Kier molecular flexibility index (Phi) is 2.98. The summed E-state index contributed by atoms with van der Waals surface area (Å²) in [6, 6.07) is 2.80. The SMILES string of the molecule is N#Cc1cc(N)nc(I)c1C(F)F. The molecule has 1 rings (SSSR count). The molecule has 0 aromatic carbocycles. The fraction of sp³-hybridized carbons (Fsp3) is 0.143. The largest absolute Gasteiger partial charge is 0.384 e. The van der Waals surface area contributed by atoms with Gasteiger partial charge in [0.15, 0.2) is 0 Å². The van der Waals surface area contributed by atoms with E-state index in [9.17, 15) is 8.78 Å². The maximum Gasteiger partial charge on any atom is 0.267 e. The van der Waals surface area contributed by atoms with Crippen LogP contribution < -0.4 is 5.73 Å². The minimum atomic E-state index is -2.70. The molecule has 0 atom stereocenters. The van der Waals surface area contributed by atoms with Gasteiger partial charge in [-0.2, -0.15) is 5.26 Å². The molecule has 3 nitrogen and oxygen atoms in total. The Bertz CT molecular complexity index is 373. The normalized spacial score (nSPS) is 10.1. The van der Waals surface area contributed by atoms with Crippen molar-refractivity contribution in [1.82, 2.24) is 4.98 Å². The quantitative estimate of drug-likeness (QED) is 0.637. The first kappa shape index (κ1) is 10.1. The number of aromatic nitrogens is 1. The van der Waals surface area contributed by atoms with Crippen molar-refractivity contribution in [3.63, 3.8) is 0 Å². The van der Waals surface area contributed by atoms with E-state index in [0.717, 1.165) is 6.07 Å². The molecule has 0 bridgehead atoms. The number of nitrogens with zero attached hydrogens (tertiary/aromatic N) is 2. The zero-order valence-electron chi connectivity index (χ0n) is 6.26. The smallest absolute Gasteiger partial charge is 0.267 e. The first-order valence-corrected chi connectivity index (χ1v) is 4.28. The van der Waals surface area contributed by atoms with Crippen molar-refractivity contribution < 1.29 is 8.78 Å². The van der Waals surface area contributed by atoms with Gasteiger partial charge in [-0.1, -0.05) is 0 Å². The molecule has 0 spiro atoms. The van der Waals surface area contributed by atoms with Crippen LogP contribution >= 0.6 is 22.6 Å². The van der Waals surface area contributed by atoms with Crippen LogP contribution in [0.1, 0.15) is 17.6 Å². The van der Waals surface area contributed by atoms with Gasteiger partial charge >= 0.3 is 0 Å². The molecular weight excluding hydrogens is 291 g/mol. The summed E-state index contributed by atoms with van der Waals surface area (Å²) in [7, 11) is 0. The highest BCUT2D eigenvalue weighted by atomic mass is 127. The van der Waals surface area contributed by atoms with Crippen molar-refractivity contribution in [3.8, 4) is 6.07 Å². The maximum atomic E-state index is 12.4. The average Bonchev–Trinajstić information content (AvgIpc) is 2.01. The molecule has 6 heteroatoms. The highest BCUT2D eigenvalue weighted by Crippen LogP contribution is 2.27. The standard InChI is InChI=1S/C7H4F2IN3/c8-6(9)5-3(2-11)1-4(12)13-7(5)10/h1,6H,(H2,12,13). The lowest BCUT2D eigenvalue weighted by Gasteiger charge is -2.05. The summed E-state index contributed by atoms with van der Waals surface area (Å²) in [6.07, 6.45) is -2.70. The van der Waals surface area contributed by atoms with Crippen LogP contribution in [-0.2, 0) is 0 Å². The molecule has 0 amide bonds. The van der Waals surface area contributed by atoms with Crippen molar-refractivity contribution in [1.29, 1.82) is 5.26 Å². The Hall–Kier alpha value is -0.970. The number of halogens is 3. The van der Waals surface area contributed by atoms with Crippen LogP contribution in [-0.4, -0.2) is 4.98 Å². The van der Waals surface area contributed by atoms with E-state index in [1.54, 1.807) is 28.7 Å². The van der Waals surface area contributed by atoms with E-state index in [0.29, 0.717) is 0 Å². The number of hydrogen-bond donors (Lipinski definition) is 1. The van der Waals surface area contributed by atoms with Gasteiger partial charge in [0.25, 0.3) is 6.43 Å². The fourth-order valence-electron chi connectivity index (χ4n) is 0.843. The molecule has 0 fully saturated rings. The van der Waals surface area contributed by atoms with Crippen molar-refractivity contribution in [3.05, 3.63) is 20.9 Å². The third-order valence-electron chi connectivity index (χ3n) is 1.37. The second-order valence-electron chi connectivity index (χ2n) is 2.21. The van der Waals surface area contributed by atoms with Gasteiger partial charge < -0.3 is 5.73 Å². The van der Waals surface area contributed by atoms with E-state index in [4.69, 9.17) is 11.0 Å². The minimum Gasteiger partial charge on any atom is -0.384 e. The lowest BCUT2D eigenvalue weighted by atomic mass is 10.1. The van der Waals surface area contributed by atoms with Gasteiger partial charge in [-0.05, 0) is 28.7 Å². The number of pyridine rings is 1. The second kappa shape index (κ2) is 3.83. The highest BCUT2D eigenvalue weighted by Gasteiger charge is 2.18. The summed E-state index contributed by atoms with van der Waals surface area (Å²) < 4.78 is 24.8. The van der Waals surface area contributed by atoms with Crippen molar-refractivity contribution >= 4 is 28.4 Å². The zero-order valence-corrected chi connectivity index (χ0v) is 8.42. The molecule has 0 saturated carbocycles. The minimum absolute atomic E-state index is 0.0733. The van der Waals surface area contributed by atoms with Gasteiger partial charge in [0.2, 0.25) is 0 Å². The fourth-order valence-corrected chi connectivity index (χ4v) is 1.65. The van der Waals surface area contributed by atoms with Crippen molar-refractivity contribution in [2.24, 2.45) is 0 Å². The summed E-state index contributed by atoms with van der Waals surface area (Å²) in [5.41, 5.74) is 4.82. The van der Waals surface area contributed by atoms with Gasteiger partial charge in [-0.15, -0.1) is 0 Å². The Morgan fingerprint density at radius 3 is 2.69 bits per heavy atom. The molecule has 1 heterocycles. The Morgan fingerprint density at radius 1 is 1.62 bits per heavy atom. The van der Waals surface area contributed by atoms with Gasteiger partial charge in [0, 0.05) is 0 Å². The first-order chi connectivity index (χ1) is 6.06. The van der Waals surface area contributed by atoms with Crippen molar-refractivity contribution in [2.45, 2.75) is 6.43 Å². The Morgan fingerprint density at radius 2 is 2.23 bits per heavy atom. The van der Waals surface area contributed by atoms with Crippen LogP contribution in [0.5, 0.6) is 0 Å². The third kappa shape index (κ3) is 2.03. The lowest BCUT2D eigenvalue weighted by molar-refractivity contribution is 0.149. The summed E-state index contributed by atoms with van der Waals surface area (Å²) in [5, 5.41) is 8.55. The number of nitriles is 1. The molecule has 68 valence electrons. The van der Waals surface area contributed by atoms with Crippen LogP contribution in [0.25, 0.3) is 0 Å². The maximum absolute atomic E-state index is 12.4. The number of anilines is 1. The molecule has 2 N–H and O–H groups in total. The number of alkyl halides is 2. The van der Waals surface area contributed by atoms with Crippen LogP contribution in [0.4, 0.5) is 14.6 Å². The van der Waals surface area contributed by atoms with Crippen LogP contribution in [0.15, 0.2) is 6.07 Å². The Labute approximate surface area is 86.7 Å². The Balaban J connectivity index is 3.41. The number of nitrogen functional groups attached to an aromatic ring is 1. The van der Waals surface area contributed by atoms with Gasteiger partial charge in [-0.3, -0.25) is 0 Å². The van der Waals surface area contributed by atoms with E-state index in [-0.39, 0.29) is 20.6 Å². The van der Waals surface area contributed by atoms with E-state index in [1.807, 2.05) is 0 Å². The molecule has 1 aromatic heterocycles. The van der Waals surface area contributed by atoms with Gasteiger partial charge in [0.1, 0.15) is 9.52 Å². The van der Waals surface area contributed by atoms with E-state index < -0.39 is 6.43 Å². The number of rotatable bonds is 1. The predicted octanol–water partition coefficient (Wildman–Crippen LogP) is 2.08. The van der Waals surface area contributed by atoms with E-state index >= 15 is 0 Å². The summed E-state index contributed by atoms with van der Waals surface area (Å²) in [5.74, 6) is 0.0744. The first-order valence-electron chi connectivity index (χ1n) is 3.20. The van der Waals surface area contributed by atoms with Crippen molar-refractivity contribution in [2.75, 3.05) is 5.73 Å². The predicted molar refractivity (Wildman–Crippen MR) is 51.0 cm³/mol. The van der Waals surface area contributed by atoms with Gasteiger partial charge in [-0.25, -0.2) is 13.8 Å². The monoisotopic (exact) mass is 295 g/mol. The number of hydrogen-bond acceptors (Lipinski definition) is 3. The van der Waals surface area contributed by atoms with Crippen LogP contribution in [0.2, 0.25) is 0 Å². The molecule has 0 radical (unpaired) electrons. The lowest BCUT2D eigenvalue weighted by Crippen LogP contribution is -2.01. The summed E-state index contributed by atoms with van der Waals surface area (Å²) in [6.45, 7) is 0. The van der Waals surface area contributed by atoms with E-state index in [2.05, 4.69) is 4.98 Å². The second-order valence-corrected chi connectivity index (χ2v) is 3.23. The average molecular weight is 295 g/mol. The zero-order chi connectivity index (χ0) is 10.0. The molecule has 0 aliphatic heterocycles. The molecule has 0 aliphatic carbocycles. The topological polar surface area (TPSA) is 62.7 Å². The molecule has 0 aliphatic rings. The highest BCUT2D eigenvalue weighted by molar-refractivity contribution is 14.1. The number of nitrogens with two attached hydrogens (primary N) is 1. The molecule has 1 aromatic rings. The molecule has 0 saturated heterocycles. The summed E-state index contributed by atoms with van der Waals surface area (Å²) >= 11 is 1.63. The summed E-state index contributed by atoms with van der Waals surface area (Å²) in [4.78, 5) is 3.64. The molecule has 0 unspecified atom stereocenters. The third-order valence-corrected chi connectivity index (χ3v) is 2.19. The van der Waals surface area contributed by atoms with Crippen LogP contribution in [0, 0.1) is 15.0 Å².